The van der Waals surface area contributed by atoms with Crippen LogP contribution in [0.5, 0.6) is 0 Å². The number of benzene rings is 1. The van der Waals surface area contributed by atoms with Crippen molar-refractivity contribution in [3.05, 3.63) is 72.4 Å². The summed E-state index contributed by atoms with van der Waals surface area (Å²) >= 11 is 0. The van der Waals surface area contributed by atoms with Crippen LogP contribution in [-0.4, -0.2) is 32.4 Å². The molecule has 1 aliphatic heterocycles. The highest BCUT2D eigenvalue weighted by molar-refractivity contribution is 5.83. The van der Waals surface area contributed by atoms with E-state index in [0.717, 1.165) is 42.0 Å². The molecule has 1 aromatic carbocycles. The lowest BCUT2D eigenvalue weighted by Gasteiger charge is -2.28. The van der Waals surface area contributed by atoms with Crippen molar-refractivity contribution in [3.8, 4) is 11.3 Å². The first-order valence-electron chi connectivity index (χ1n) is 8.99. The largest absolute Gasteiger partial charge is 0.341 e. The first-order chi connectivity index (χ1) is 12.7. The van der Waals surface area contributed by atoms with Crippen LogP contribution in [0.25, 0.3) is 11.3 Å². The second kappa shape index (κ2) is 7.12. The maximum Gasteiger partial charge on any atom is 0.233 e. The van der Waals surface area contributed by atoms with Gasteiger partial charge in [0.25, 0.3) is 0 Å². The molecule has 1 unspecified atom stereocenters. The van der Waals surface area contributed by atoms with Gasteiger partial charge in [0.15, 0.2) is 0 Å². The molecule has 0 bridgehead atoms. The van der Waals surface area contributed by atoms with Crippen LogP contribution in [0.4, 0.5) is 0 Å². The van der Waals surface area contributed by atoms with E-state index in [2.05, 4.69) is 26.7 Å². The number of nitrogens with zero attached hydrogens (tertiary/aromatic N) is 4. The van der Waals surface area contributed by atoms with Gasteiger partial charge in [0.05, 0.1) is 17.8 Å². The first-order valence-corrected chi connectivity index (χ1v) is 8.99. The van der Waals surface area contributed by atoms with Crippen molar-refractivity contribution in [3.63, 3.8) is 0 Å². The van der Waals surface area contributed by atoms with Crippen LogP contribution in [0.2, 0.25) is 0 Å². The molecule has 3 heterocycles. The monoisotopic (exact) mass is 346 g/mol. The molecule has 4 rings (SSSR count). The van der Waals surface area contributed by atoms with Crippen LogP contribution < -0.4 is 0 Å². The predicted octanol–water partition coefficient (Wildman–Crippen LogP) is 3.48. The quantitative estimate of drug-likeness (QED) is 0.727. The average molecular weight is 346 g/mol. The van der Waals surface area contributed by atoms with Gasteiger partial charge in [-0.1, -0.05) is 36.4 Å². The summed E-state index contributed by atoms with van der Waals surface area (Å²) in [6, 6.07) is 14.1. The number of amides is 1. The lowest BCUT2D eigenvalue weighted by atomic mass is 9.97. The summed E-state index contributed by atoms with van der Waals surface area (Å²) < 4.78 is 2.21. The lowest BCUT2D eigenvalue weighted by Crippen LogP contribution is -2.34. The minimum absolute atomic E-state index is 0.125. The minimum atomic E-state index is -0.178. The molecule has 3 aromatic rings. The van der Waals surface area contributed by atoms with E-state index < -0.39 is 0 Å². The summed E-state index contributed by atoms with van der Waals surface area (Å²) in [5.41, 5.74) is 3.27. The highest BCUT2D eigenvalue weighted by Gasteiger charge is 2.31. The third kappa shape index (κ3) is 3.12. The number of rotatable bonds is 4. The van der Waals surface area contributed by atoms with Crippen molar-refractivity contribution in [1.29, 1.82) is 0 Å². The zero-order valence-corrected chi connectivity index (χ0v) is 14.9. The number of fused-ring (bicyclic) bond motifs is 1. The van der Waals surface area contributed by atoms with E-state index in [-0.39, 0.29) is 11.8 Å². The summed E-state index contributed by atoms with van der Waals surface area (Å²) in [7, 11) is 1.86. The number of carbonyl (C=O) groups is 1. The molecule has 0 radical (unpaired) electrons. The van der Waals surface area contributed by atoms with E-state index in [0.29, 0.717) is 6.54 Å². The average Bonchev–Trinajstić information content (AvgIpc) is 3.13. The number of imidazole rings is 1. The van der Waals surface area contributed by atoms with Gasteiger partial charge in [-0.25, -0.2) is 4.98 Å². The maximum atomic E-state index is 13.1. The molecule has 0 saturated carbocycles. The molecular weight excluding hydrogens is 324 g/mol. The van der Waals surface area contributed by atoms with Gasteiger partial charge in [-0.05, 0) is 30.0 Å². The van der Waals surface area contributed by atoms with E-state index in [9.17, 15) is 4.79 Å². The molecule has 0 aliphatic carbocycles. The van der Waals surface area contributed by atoms with Gasteiger partial charge in [-0.15, -0.1) is 0 Å². The Morgan fingerprint density at radius 3 is 2.81 bits per heavy atom. The van der Waals surface area contributed by atoms with Crippen molar-refractivity contribution >= 4 is 5.91 Å². The van der Waals surface area contributed by atoms with Gasteiger partial charge in [-0.2, -0.15) is 0 Å². The van der Waals surface area contributed by atoms with E-state index in [1.165, 1.54) is 0 Å². The van der Waals surface area contributed by atoms with E-state index in [4.69, 9.17) is 0 Å². The Bertz CT molecular complexity index is 889. The van der Waals surface area contributed by atoms with Gasteiger partial charge in [0.2, 0.25) is 5.91 Å². The zero-order valence-electron chi connectivity index (χ0n) is 14.9. The Hall–Kier alpha value is -2.95. The topological polar surface area (TPSA) is 51.0 Å². The number of aromatic nitrogens is 3. The molecule has 5 nitrogen and oxygen atoms in total. The molecule has 1 atom stereocenters. The third-order valence-electron chi connectivity index (χ3n) is 4.96. The molecule has 0 spiro atoms. The number of pyridine rings is 1. The molecule has 5 heteroatoms. The fraction of sp³-hybridized carbons (Fsp3) is 0.286. The van der Waals surface area contributed by atoms with Crippen LogP contribution in [-0.2, 0) is 17.9 Å². The number of hydrogen-bond donors (Lipinski definition) is 0. The van der Waals surface area contributed by atoms with E-state index >= 15 is 0 Å². The van der Waals surface area contributed by atoms with E-state index in [1.807, 2.05) is 43.6 Å². The van der Waals surface area contributed by atoms with Gasteiger partial charge >= 0.3 is 0 Å². The van der Waals surface area contributed by atoms with E-state index in [1.54, 1.807) is 17.3 Å². The van der Waals surface area contributed by atoms with Crippen molar-refractivity contribution in [2.45, 2.75) is 31.8 Å². The molecule has 2 aromatic heterocycles. The van der Waals surface area contributed by atoms with Gasteiger partial charge in [-0.3, -0.25) is 9.78 Å². The fourth-order valence-corrected chi connectivity index (χ4v) is 3.67. The van der Waals surface area contributed by atoms with Crippen LogP contribution in [0.15, 0.2) is 61.1 Å². The van der Waals surface area contributed by atoms with Gasteiger partial charge in [0, 0.05) is 32.5 Å². The van der Waals surface area contributed by atoms with Crippen molar-refractivity contribution in [1.82, 2.24) is 19.4 Å². The summed E-state index contributed by atoms with van der Waals surface area (Å²) in [6.45, 7) is 1.48. The second-order valence-corrected chi connectivity index (χ2v) is 6.77. The Morgan fingerprint density at radius 2 is 2.04 bits per heavy atom. The Labute approximate surface area is 153 Å². The molecule has 0 saturated heterocycles. The molecule has 1 amide bonds. The lowest BCUT2D eigenvalue weighted by molar-refractivity contribution is -0.132. The first kappa shape index (κ1) is 16.5. The second-order valence-electron chi connectivity index (χ2n) is 6.77. The minimum Gasteiger partial charge on any atom is -0.341 e. The van der Waals surface area contributed by atoms with Crippen molar-refractivity contribution < 1.29 is 4.79 Å². The maximum absolute atomic E-state index is 13.1. The van der Waals surface area contributed by atoms with Gasteiger partial charge in [0.1, 0.15) is 5.82 Å². The highest BCUT2D eigenvalue weighted by atomic mass is 16.2. The van der Waals surface area contributed by atoms with Crippen molar-refractivity contribution in [2.24, 2.45) is 0 Å². The summed E-state index contributed by atoms with van der Waals surface area (Å²) in [5.74, 6) is 0.834. The molecule has 132 valence electrons. The highest BCUT2D eigenvalue weighted by Crippen LogP contribution is 2.32. The van der Waals surface area contributed by atoms with Crippen LogP contribution in [0.1, 0.15) is 30.1 Å². The van der Waals surface area contributed by atoms with Gasteiger partial charge < -0.3 is 9.47 Å². The molecule has 1 aliphatic rings. The number of likely N-dealkylation sites (N-methyl/N-ethyl adjacent to an activating group) is 1. The van der Waals surface area contributed by atoms with Crippen molar-refractivity contribution in [2.75, 3.05) is 7.05 Å². The third-order valence-corrected chi connectivity index (χ3v) is 4.96. The Kier molecular flexibility index (Phi) is 4.52. The number of hydrogen-bond acceptors (Lipinski definition) is 3. The zero-order chi connectivity index (χ0) is 17.9. The van der Waals surface area contributed by atoms with Crippen LogP contribution in [0, 0.1) is 0 Å². The number of carbonyl (C=O) groups excluding carboxylic acids is 1. The Balaban J connectivity index is 1.58. The normalized spacial score (nSPS) is 16.1. The predicted molar refractivity (Wildman–Crippen MR) is 100 cm³/mol. The van der Waals surface area contributed by atoms with Crippen LogP contribution >= 0.6 is 0 Å². The fourth-order valence-electron chi connectivity index (χ4n) is 3.67. The Morgan fingerprint density at radius 1 is 1.19 bits per heavy atom. The van der Waals surface area contributed by atoms with Crippen LogP contribution in [0.3, 0.4) is 0 Å². The summed E-state index contributed by atoms with van der Waals surface area (Å²) in [5, 5.41) is 0. The molecule has 0 fully saturated rings. The summed E-state index contributed by atoms with van der Waals surface area (Å²) in [6.07, 6.45) is 7.28. The molecular formula is C21H22N4O. The molecule has 0 N–H and O–H groups in total. The SMILES string of the molecule is CN(Cc1cccnc1)C(=O)C1CCCn2c(-c3ccccc3)cnc21. The molecule has 26 heavy (non-hydrogen) atoms. The standard InChI is InChI=1S/C21H22N4O/c1-24(15-16-7-5-11-22-13-16)21(26)18-10-6-12-25-19(14-23-20(18)25)17-8-3-2-4-9-17/h2-5,7-9,11,13-14,18H,6,10,12,15H2,1H3. The summed E-state index contributed by atoms with van der Waals surface area (Å²) in [4.78, 5) is 23.6. The smallest absolute Gasteiger partial charge is 0.233 e.